The first-order valence-corrected chi connectivity index (χ1v) is 12.5. The Balaban J connectivity index is 1.70. The second-order valence-electron chi connectivity index (χ2n) is 9.38. The lowest BCUT2D eigenvalue weighted by Crippen LogP contribution is -2.47. The third kappa shape index (κ3) is 6.48. The van der Waals surface area contributed by atoms with Crippen LogP contribution in [0.2, 0.25) is 0 Å². The minimum atomic E-state index is -2.83. The van der Waals surface area contributed by atoms with Gasteiger partial charge in [-0.05, 0) is 45.7 Å². The van der Waals surface area contributed by atoms with E-state index >= 15 is 0 Å². The van der Waals surface area contributed by atoms with Crippen molar-refractivity contribution in [2.24, 2.45) is 0 Å². The van der Waals surface area contributed by atoms with Gasteiger partial charge in [-0.3, -0.25) is 4.98 Å². The summed E-state index contributed by atoms with van der Waals surface area (Å²) in [5, 5.41) is 7.15. The van der Waals surface area contributed by atoms with Crippen molar-refractivity contribution >= 4 is 11.7 Å². The van der Waals surface area contributed by atoms with Crippen LogP contribution < -0.4 is 10.1 Å². The Hall–Kier alpha value is -3.41. The van der Waals surface area contributed by atoms with Gasteiger partial charge in [0.2, 0.25) is 11.6 Å². The Kier molecular flexibility index (Phi) is 8.16. The molecule has 1 aliphatic heterocycles. The van der Waals surface area contributed by atoms with Crippen molar-refractivity contribution in [3.8, 4) is 17.1 Å². The maximum Gasteiger partial charge on any atom is 0.318 e. The van der Waals surface area contributed by atoms with Gasteiger partial charge < -0.3 is 19.7 Å². The molecule has 0 aliphatic carbocycles. The Morgan fingerprint density at radius 3 is 2.84 bits per heavy atom. The van der Waals surface area contributed by atoms with E-state index in [1.165, 1.54) is 6.33 Å². The molecule has 4 heterocycles. The van der Waals surface area contributed by atoms with E-state index in [2.05, 4.69) is 20.4 Å². The summed E-state index contributed by atoms with van der Waals surface area (Å²) in [6.07, 6.45) is 5.23. The van der Waals surface area contributed by atoms with Gasteiger partial charge in [0.1, 0.15) is 6.33 Å². The number of nitrogens with one attached hydrogen (secondary N) is 1. The molecule has 0 saturated heterocycles. The molecule has 0 radical (unpaired) electrons. The highest BCUT2D eigenvalue weighted by molar-refractivity contribution is 5.75. The molecule has 0 saturated carbocycles. The van der Waals surface area contributed by atoms with Gasteiger partial charge in [0.05, 0.1) is 42.9 Å². The van der Waals surface area contributed by atoms with Crippen LogP contribution in [0.1, 0.15) is 57.3 Å². The normalized spacial score (nSPS) is 19.8. The topological polar surface area (TPSA) is 107 Å². The van der Waals surface area contributed by atoms with Gasteiger partial charge in [-0.25, -0.2) is 28.1 Å². The molecule has 200 valence electrons. The highest BCUT2D eigenvalue weighted by Crippen LogP contribution is 2.29. The molecule has 0 fully saturated rings. The Bertz CT molecular complexity index is 1230. The van der Waals surface area contributed by atoms with Gasteiger partial charge in [-0.1, -0.05) is 0 Å². The fourth-order valence-corrected chi connectivity index (χ4v) is 4.26. The van der Waals surface area contributed by atoms with Crippen LogP contribution >= 0.6 is 0 Å². The maximum absolute atomic E-state index is 13.6. The van der Waals surface area contributed by atoms with Gasteiger partial charge in [0.25, 0.3) is 5.88 Å². The quantitative estimate of drug-likeness (QED) is 0.553. The molecule has 2 atom stereocenters. The number of ether oxygens (including phenoxy) is 2. The smallest absolute Gasteiger partial charge is 0.318 e. The third-order valence-corrected chi connectivity index (χ3v) is 6.38. The zero-order valence-corrected chi connectivity index (χ0v) is 21.6. The number of aryl methyl sites for hydroxylation is 1. The van der Waals surface area contributed by atoms with Crippen LogP contribution in [0.3, 0.4) is 0 Å². The first-order valence-electron chi connectivity index (χ1n) is 12.5. The van der Waals surface area contributed by atoms with Crippen molar-refractivity contribution in [1.82, 2.24) is 34.8 Å². The lowest BCUT2D eigenvalue weighted by molar-refractivity contribution is 0.00400. The average molecular weight is 518 g/mol. The molecule has 4 rings (SSSR count). The van der Waals surface area contributed by atoms with Crippen molar-refractivity contribution in [2.45, 2.75) is 65.0 Å². The van der Waals surface area contributed by atoms with Crippen molar-refractivity contribution in [1.29, 1.82) is 0 Å². The Labute approximate surface area is 214 Å². The summed E-state index contributed by atoms with van der Waals surface area (Å²) in [6.45, 7) is 7.71. The van der Waals surface area contributed by atoms with E-state index in [9.17, 15) is 13.6 Å². The number of aromatic nitrogens is 5. The molecule has 2 amide bonds. The number of pyridine rings is 1. The van der Waals surface area contributed by atoms with Gasteiger partial charge in [-0.15, -0.1) is 0 Å². The first-order chi connectivity index (χ1) is 17.7. The molecule has 1 N–H and O–H groups in total. The lowest BCUT2D eigenvalue weighted by Gasteiger charge is -2.30. The van der Waals surface area contributed by atoms with Crippen LogP contribution in [0.4, 0.5) is 13.6 Å². The monoisotopic (exact) mass is 517 g/mol. The number of hydrogen-bond acceptors (Lipinski definition) is 7. The first kappa shape index (κ1) is 26.6. The molecule has 1 aliphatic rings. The molecule has 3 aromatic heterocycles. The van der Waals surface area contributed by atoms with Crippen molar-refractivity contribution in [3.63, 3.8) is 0 Å². The summed E-state index contributed by atoms with van der Waals surface area (Å²) in [5.74, 6) is -2.49. The van der Waals surface area contributed by atoms with E-state index in [0.717, 1.165) is 18.1 Å². The lowest BCUT2D eigenvalue weighted by atomic mass is 10.0. The summed E-state index contributed by atoms with van der Waals surface area (Å²) >= 11 is 0. The standard InChI is InChI=1S/C25H33F2N7O3/c1-5-33-17(3)20-11-19(16(2)12-28-20)21-13-34-22(29-15-30-34)23(32-21)37-10-6-9-36-14-18(31-24(33)35)7-8-25(4,26)27/h11-13,15,17-18H,5-10,14H2,1-4H3,(H,31,35)/t17-,18+/m1/s1. The number of hydrogen-bond donors (Lipinski definition) is 1. The summed E-state index contributed by atoms with van der Waals surface area (Å²) in [4.78, 5) is 28.4. The Morgan fingerprint density at radius 2 is 2.08 bits per heavy atom. The highest BCUT2D eigenvalue weighted by atomic mass is 19.3. The average Bonchev–Trinajstić information content (AvgIpc) is 3.33. The molecule has 12 heteroatoms. The highest BCUT2D eigenvalue weighted by Gasteiger charge is 2.27. The van der Waals surface area contributed by atoms with Gasteiger partial charge in [0.15, 0.2) is 0 Å². The number of carbonyl (C=O) groups is 1. The van der Waals surface area contributed by atoms with Crippen LogP contribution in [0.15, 0.2) is 24.8 Å². The summed E-state index contributed by atoms with van der Waals surface area (Å²) < 4.78 is 40.4. The van der Waals surface area contributed by atoms with Gasteiger partial charge in [0, 0.05) is 37.8 Å². The SMILES string of the molecule is CCN1C(=O)N[C@@H](CCC(C)(F)F)COCCCOc2nc(cn3ncnc23)-c2cc(ncc2C)[C@H]1C. The van der Waals surface area contributed by atoms with E-state index in [1.54, 1.807) is 21.8 Å². The molecule has 0 spiro atoms. The van der Waals surface area contributed by atoms with E-state index in [4.69, 9.17) is 14.5 Å². The fraction of sp³-hybridized carbons (Fsp3) is 0.560. The zero-order valence-electron chi connectivity index (χ0n) is 21.6. The number of fused-ring (bicyclic) bond motifs is 7. The van der Waals surface area contributed by atoms with Gasteiger partial charge in [-0.2, -0.15) is 5.10 Å². The number of halogens is 2. The number of nitrogens with zero attached hydrogens (tertiary/aromatic N) is 6. The summed E-state index contributed by atoms with van der Waals surface area (Å²) in [6, 6.07) is 0.593. The number of carbonyl (C=O) groups excluding carboxylic acids is 1. The predicted molar refractivity (Wildman–Crippen MR) is 133 cm³/mol. The second kappa shape index (κ2) is 11.3. The maximum atomic E-state index is 13.6. The van der Waals surface area contributed by atoms with Crippen LogP contribution in [0.25, 0.3) is 16.9 Å². The third-order valence-electron chi connectivity index (χ3n) is 6.38. The van der Waals surface area contributed by atoms with Crippen molar-refractivity contribution in [3.05, 3.63) is 36.0 Å². The van der Waals surface area contributed by atoms with E-state index in [1.807, 2.05) is 26.8 Å². The minimum absolute atomic E-state index is 0.0885. The van der Waals surface area contributed by atoms with Crippen LogP contribution in [-0.2, 0) is 4.74 Å². The molecule has 3 aromatic rings. The number of amides is 2. The summed E-state index contributed by atoms with van der Waals surface area (Å²) in [7, 11) is 0. The largest absolute Gasteiger partial charge is 0.475 e. The fourth-order valence-electron chi connectivity index (χ4n) is 4.26. The summed E-state index contributed by atoms with van der Waals surface area (Å²) in [5.41, 5.74) is 3.52. The number of urea groups is 1. The number of rotatable bonds is 4. The van der Waals surface area contributed by atoms with E-state index in [0.29, 0.717) is 49.1 Å². The second-order valence-corrected chi connectivity index (χ2v) is 9.38. The molecule has 4 bridgehead atoms. The van der Waals surface area contributed by atoms with Crippen molar-refractivity contribution in [2.75, 3.05) is 26.4 Å². The van der Waals surface area contributed by atoms with E-state index in [-0.39, 0.29) is 31.5 Å². The predicted octanol–water partition coefficient (Wildman–Crippen LogP) is 4.19. The van der Waals surface area contributed by atoms with E-state index < -0.39 is 12.0 Å². The van der Waals surface area contributed by atoms with Crippen LogP contribution in [-0.4, -0.2) is 73.8 Å². The molecular formula is C25H33F2N7O3. The Morgan fingerprint density at radius 1 is 1.27 bits per heavy atom. The van der Waals surface area contributed by atoms with Crippen LogP contribution in [0, 0.1) is 6.92 Å². The van der Waals surface area contributed by atoms with Crippen LogP contribution in [0.5, 0.6) is 5.88 Å². The molecule has 10 nitrogen and oxygen atoms in total. The molecule has 0 aromatic carbocycles. The number of alkyl halides is 2. The van der Waals surface area contributed by atoms with Crippen molar-refractivity contribution < 1.29 is 23.0 Å². The zero-order chi connectivity index (χ0) is 26.6. The van der Waals surface area contributed by atoms with Gasteiger partial charge >= 0.3 is 6.03 Å². The molecular weight excluding hydrogens is 484 g/mol. The molecule has 37 heavy (non-hydrogen) atoms. The molecule has 0 unspecified atom stereocenters. The minimum Gasteiger partial charge on any atom is -0.475 e.